The molecule has 0 radical (unpaired) electrons. The van der Waals surface area contributed by atoms with E-state index < -0.39 is 0 Å². The molecule has 4 aromatic heterocycles. The quantitative estimate of drug-likeness (QED) is 0.521. The van der Waals surface area contributed by atoms with Gasteiger partial charge in [-0.05, 0) is 43.2 Å². The highest BCUT2D eigenvalue weighted by Crippen LogP contribution is 2.30. The molecule has 1 aliphatic rings. The van der Waals surface area contributed by atoms with Crippen molar-refractivity contribution in [2.45, 2.75) is 18.9 Å². The molecule has 0 spiro atoms. The summed E-state index contributed by atoms with van der Waals surface area (Å²) < 4.78 is 1.75. The predicted molar refractivity (Wildman–Crippen MR) is 118 cm³/mol. The van der Waals surface area contributed by atoms with Crippen molar-refractivity contribution in [1.29, 1.82) is 0 Å². The van der Waals surface area contributed by atoms with Gasteiger partial charge in [-0.15, -0.1) is 0 Å². The molecule has 0 saturated carbocycles. The Morgan fingerprint density at radius 3 is 2.90 bits per heavy atom. The Kier molecular flexibility index (Phi) is 4.94. The second-order valence-corrected chi connectivity index (χ2v) is 7.74. The van der Waals surface area contributed by atoms with Crippen LogP contribution in [0.4, 0.5) is 17.3 Å². The van der Waals surface area contributed by atoms with Crippen molar-refractivity contribution in [3.63, 3.8) is 0 Å². The van der Waals surface area contributed by atoms with Gasteiger partial charge in [0.1, 0.15) is 11.4 Å². The van der Waals surface area contributed by atoms with Crippen molar-refractivity contribution in [2.75, 3.05) is 23.3 Å². The Morgan fingerprint density at radius 2 is 2.03 bits per heavy atom. The topological polar surface area (TPSA) is 97.3 Å². The second-order valence-electron chi connectivity index (χ2n) is 7.34. The van der Waals surface area contributed by atoms with E-state index in [9.17, 15) is 0 Å². The van der Waals surface area contributed by atoms with Crippen LogP contribution in [0.5, 0.6) is 0 Å². The van der Waals surface area contributed by atoms with Crippen LogP contribution >= 0.6 is 11.6 Å². The second kappa shape index (κ2) is 7.89. The van der Waals surface area contributed by atoms with E-state index in [0.29, 0.717) is 22.4 Å². The van der Waals surface area contributed by atoms with Crippen LogP contribution in [0.15, 0.2) is 55.1 Å². The Labute approximate surface area is 178 Å². The average molecular weight is 421 g/mol. The number of aromatic nitrogens is 5. The van der Waals surface area contributed by atoms with Crippen LogP contribution in [0.3, 0.4) is 0 Å². The first kappa shape index (κ1) is 18.8. The molecular formula is C21H21ClN8. The summed E-state index contributed by atoms with van der Waals surface area (Å²) >= 11 is 6.30. The number of nitrogens with one attached hydrogen (secondary N) is 1. The molecule has 0 aliphatic carbocycles. The molecule has 1 saturated heterocycles. The largest absolute Gasteiger partial charge is 0.368 e. The van der Waals surface area contributed by atoms with E-state index in [-0.39, 0.29) is 6.04 Å². The molecule has 0 amide bonds. The molecule has 152 valence electrons. The van der Waals surface area contributed by atoms with Crippen LogP contribution in [0, 0.1) is 0 Å². The van der Waals surface area contributed by atoms with E-state index in [0.717, 1.165) is 42.8 Å². The number of anilines is 3. The molecule has 1 aliphatic heterocycles. The maximum atomic E-state index is 6.30. The number of hydrogen-bond donors (Lipinski definition) is 2. The molecule has 8 nitrogen and oxygen atoms in total. The predicted octanol–water partition coefficient (Wildman–Crippen LogP) is 3.51. The fourth-order valence-electron chi connectivity index (χ4n) is 3.78. The summed E-state index contributed by atoms with van der Waals surface area (Å²) in [6.45, 7) is 1.79. The fraction of sp³-hybridized carbons (Fsp3) is 0.238. The Hall–Kier alpha value is -3.23. The number of fused-ring (bicyclic) bond motifs is 1. The summed E-state index contributed by atoms with van der Waals surface area (Å²) in [5.74, 6) is 0.592. The minimum Gasteiger partial charge on any atom is -0.368 e. The van der Waals surface area contributed by atoms with E-state index in [1.165, 1.54) is 0 Å². The molecule has 1 fully saturated rings. The highest BCUT2D eigenvalue weighted by Gasteiger charge is 2.20. The Balaban J connectivity index is 1.51. The Bertz CT molecular complexity index is 1190. The van der Waals surface area contributed by atoms with Gasteiger partial charge in [0.05, 0.1) is 34.3 Å². The van der Waals surface area contributed by atoms with Crippen LogP contribution < -0.4 is 16.0 Å². The lowest BCUT2D eigenvalue weighted by Crippen LogP contribution is -2.43. The van der Waals surface area contributed by atoms with Crippen LogP contribution in [0.25, 0.3) is 16.9 Å². The van der Waals surface area contributed by atoms with Gasteiger partial charge in [0.25, 0.3) is 0 Å². The average Bonchev–Trinajstić information content (AvgIpc) is 3.16. The van der Waals surface area contributed by atoms with E-state index in [1.54, 1.807) is 41.4 Å². The van der Waals surface area contributed by atoms with Crippen LogP contribution in [0.1, 0.15) is 12.8 Å². The van der Waals surface area contributed by atoms with Gasteiger partial charge in [0.15, 0.2) is 0 Å². The fourth-order valence-corrected chi connectivity index (χ4v) is 4.00. The molecule has 1 unspecified atom stereocenters. The first-order valence-corrected chi connectivity index (χ1v) is 10.2. The smallest absolute Gasteiger partial charge is 0.229 e. The maximum Gasteiger partial charge on any atom is 0.229 e. The van der Waals surface area contributed by atoms with Gasteiger partial charge in [-0.2, -0.15) is 9.61 Å². The minimum absolute atomic E-state index is 0.180. The molecule has 4 aromatic rings. The van der Waals surface area contributed by atoms with Crippen molar-refractivity contribution in [3.8, 4) is 11.4 Å². The summed E-state index contributed by atoms with van der Waals surface area (Å²) in [7, 11) is 0. The minimum atomic E-state index is 0.180. The number of nitrogens with two attached hydrogens (primary N) is 1. The van der Waals surface area contributed by atoms with E-state index in [4.69, 9.17) is 22.4 Å². The third-order valence-electron chi connectivity index (χ3n) is 5.23. The maximum absolute atomic E-state index is 6.30. The van der Waals surface area contributed by atoms with Gasteiger partial charge < -0.3 is 16.0 Å². The van der Waals surface area contributed by atoms with Gasteiger partial charge >= 0.3 is 0 Å². The lowest BCUT2D eigenvalue weighted by molar-refractivity contribution is 0.506. The van der Waals surface area contributed by atoms with E-state index in [2.05, 4.69) is 25.2 Å². The summed E-state index contributed by atoms with van der Waals surface area (Å²) in [6, 6.07) is 9.61. The first-order chi connectivity index (χ1) is 14.7. The molecule has 3 N–H and O–H groups in total. The normalized spacial score (nSPS) is 16.7. The molecule has 30 heavy (non-hydrogen) atoms. The number of rotatable bonds is 4. The molecule has 5 rings (SSSR count). The van der Waals surface area contributed by atoms with Gasteiger partial charge in [0, 0.05) is 31.5 Å². The number of imidazole rings is 1. The zero-order valence-electron chi connectivity index (χ0n) is 16.2. The molecule has 0 aromatic carbocycles. The zero-order chi connectivity index (χ0) is 20.5. The molecule has 0 bridgehead atoms. The first-order valence-electron chi connectivity index (χ1n) is 9.86. The van der Waals surface area contributed by atoms with E-state index in [1.807, 2.05) is 18.2 Å². The van der Waals surface area contributed by atoms with Crippen molar-refractivity contribution in [3.05, 3.63) is 60.1 Å². The van der Waals surface area contributed by atoms with Crippen LogP contribution in [0.2, 0.25) is 5.02 Å². The third-order valence-corrected chi connectivity index (χ3v) is 5.53. The van der Waals surface area contributed by atoms with Gasteiger partial charge in [0.2, 0.25) is 5.95 Å². The third kappa shape index (κ3) is 3.55. The molecule has 9 heteroatoms. The lowest BCUT2D eigenvalue weighted by Gasteiger charge is -2.33. The monoisotopic (exact) mass is 420 g/mol. The number of pyridine rings is 2. The number of nitrogens with zero attached hydrogens (tertiary/aromatic N) is 6. The Morgan fingerprint density at radius 1 is 1.10 bits per heavy atom. The summed E-state index contributed by atoms with van der Waals surface area (Å²) in [6.07, 6.45) is 9.19. The standard InChI is InChI=1S/C21H21ClN8/c22-16-4-1-8-25-20(16)17-6-5-15-11-26-21(30(15)28-17)27-18-12-24-9-7-19(18)29-10-2-3-14(23)13-29/h1,4-9,11-12,14H,2-3,10,13,23H2,(H,26,27). The number of hydrogen-bond acceptors (Lipinski definition) is 7. The van der Waals surface area contributed by atoms with Crippen LogP contribution in [-0.2, 0) is 0 Å². The van der Waals surface area contributed by atoms with Gasteiger partial charge in [-0.25, -0.2) is 4.98 Å². The summed E-state index contributed by atoms with van der Waals surface area (Å²) in [5, 5.41) is 8.65. The highest BCUT2D eigenvalue weighted by atomic mass is 35.5. The lowest BCUT2D eigenvalue weighted by atomic mass is 10.1. The summed E-state index contributed by atoms with van der Waals surface area (Å²) in [4.78, 5) is 15.5. The van der Waals surface area contributed by atoms with Crippen molar-refractivity contribution in [2.24, 2.45) is 5.73 Å². The molecule has 5 heterocycles. The number of halogens is 1. The van der Waals surface area contributed by atoms with E-state index >= 15 is 0 Å². The highest BCUT2D eigenvalue weighted by molar-refractivity contribution is 6.32. The SMILES string of the molecule is NC1CCCN(c2ccncc2Nc2ncc3ccc(-c4ncccc4Cl)nn23)C1. The zero-order valence-corrected chi connectivity index (χ0v) is 17.0. The summed E-state index contributed by atoms with van der Waals surface area (Å²) in [5.41, 5.74) is 10.3. The molecular weight excluding hydrogens is 400 g/mol. The van der Waals surface area contributed by atoms with Crippen molar-refractivity contribution < 1.29 is 0 Å². The molecule has 1 atom stereocenters. The van der Waals surface area contributed by atoms with Crippen molar-refractivity contribution >= 4 is 34.4 Å². The number of piperidine rings is 1. The van der Waals surface area contributed by atoms with Gasteiger partial charge in [-0.1, -0.05) is 11.6 Å². The van der Waals surface area contributed by atoms with Crippen molar-refractivity contribution in [1.82, 2.24) is 24.6 Å². The van der Waals surface area contributed by atoms with Crippen LogP contribution in [-0.4, -0.2) is 43.7 Å². The van der Waals surface area contributed by atoms with Gasteiger partial charge in [-0.3, -0.25) is 9.97 Å².